The molecular formula is C9H18FNO. The van der Waals surface area contributed by atoms with Gasteiger partial charge in [0.25, 0.3) is 0 Å². The standard InChI is InChI=1S/C9H18FNO/c1-7(2)11-5-4-8(12)9(3,10)6-11/h7-8,12H,4-6H2,1-3H3/t8-,9-/m0/s1. The fraction of sp³-hybridized carbons (Fsp3) is 1.00. The molecule has 3 heteroatoms. The van der Waals surface area contributed by atoms with Crippen molar-refractivity contribution in [2.45, 2.75) is 45.0 Å². The van der Waals surface area contributed by atoms with E-state index in [0.29, 0.717) is 19.0 Å². The lowest BCUT2D eigenvalue weighted by molar-refractivity contribution is -0.0643. The number of piperidine rings is 1. The van der Waals surface area contributed by atoms with Crippen molar-refractivity contribution in [3.8, 4) is 0 Å². The number of alkyl halides is 1. The predicted octanol–water partition coefficient (Wildman–Crippen LogP) is 1.19. The van der Waals surface area contributed by atoms with Crippen LogP contribution in [0.4, 0.5) is 4.39 Å². The van der Waals surface area contributed by atoms with Crippen LogP contribution in [0.5, 0.6) is 0 Å². The number of hydrogen-bond donors (Lipinski definition) is 1. The van der Waals surface area contributed by atoms with Gasteiger partial charge >= 0.3 is 0 Å². The van der Waals surface area contributed by atoms with Crippen molar-refractivity contribution in [1.29, 1.82) is 0 Å². The summed E-state index contributed by atoms with van der Waals surface area (Å²) in [7, 11) is 0. The number of aliphatic hydroxyl groups is 1. The van der Waals surface area contributed by atoms with Crippen LogP contribution >= 0.6 is 0 Å². The lowest BCUT2D eigenvalue weighted by Crippen LogP contribution is -2.54. The first-order valence-corrected chi connectivity index (χ1v) is 4.54. The Bertz CT molecular complexity index is 159. The van der Waals surface area contributed by atoms with E-state index in [1.165, 1.54) is 6.92 Å². The predicted molar refractivity (Wildman–Crippen MR) is 46.8 cm³/mol. The minimum absolute atomic E-state index is 0.353. The van der Waals surface area contributed by atoms with Gasteiger partial charge in [0.15, 0.2) is 0 Å². The van der Waals surface area contributed by atoms with Gasteiger partial charge in [0.2, 0.25) is 0 Å². The van der Waals surface area contributed by atoms with E-state index in [0.717, 1.165) is 6.54 Å². The van der Waals surface area contributed by atoms with E-state index >= 15 is 0 Å². The molecule has 0 amide bonds. The van der Waals surface area contributed by atoms with E-state index in [-0.39, 0.29) is 0 Å². The summed E-state index contributed by atoms with van der Waals surface area (Å²) >= 11 is 0. The highest BCUT2D eigenvalue weighted by molar-refractivity contribution is 4.91. The molecule has 1 aliphatic rings. The van der Waals surface area contributed by atoms with Gasteiger partial charge in [-0.05, 0) is 27.2 Å². The molecule has 0 radical (unpaired) electrons. The van der Waals surface area contributed by atoms with Crippen molar-refractivity contribution in [2.75, 3.05) is 13.1 Å². The van der Waals surface area contributed by atoms with Gasteiger partial charge in [0, 0.05) is 19.1 Å². The second kappa shape index (κ2) is 3.30. The number of nitrogens with zero attached hydrogens (tertiary/aromatic N) is 1. The smallest absolute Gasteiger partial charge is 0.146 e. The molecule has 0 saturated carbocycles. The molecule has 0 aromatic heterocycles. The Balaban J connectivity index is 2.57. The Labute approximate surface area is 73.4 Å². The monoisotopic (exact) mass is 175 g/mol. The number of likely N-dealkylation sites (tertiary alicyclic amines) is 1. The Morgan fingerprint density at radius 1 is 1.58 bits per heavy atom. The zero-order chi connectivity index (χ0) is 9.35. The SMILES string of the molecule is CC(C)N1CC[C@H](O)[C@@](C)(F)C1. The van der Waals surface area contributed by atoms with Gasteiger partial charge in [-0.25, -0.2) is 4.39 Å². The van der Waals surface area contributed by atoms with Crippen molar-refractivity contribution in [1.82, 2.24) is 4.90 Å². The summed E-state index contributed by atoms with van der Waals surface area (Å²) in [5.41, 5.74) is -1.43. The number of halogens is 1. The van der Waals surface area contributed by atoms with Crippen LogP contribution in [0.25, 0.3) is 0 Å². The highest BCUT2D eigenvalue weighted by Gasteiger charge is 2.39. The van der Waals surface area contributed by atoms with Crippen LogP contribution in [0.15, 0.2) is 0 Å². The topological polar surface area (TPSA) is 23.5 Å². The Kier molecular flexibility index (Phi) is 2.74. The molecule has 2 nitrogen and oxygen atoms in total. The van der Waals surface area contributed by atoms with Crippen LogP contribution in [0.3, 0.4) is 0 Å². The second-order valence-corrected chi connectivity index (χ2v) is 4.15. The van der Waals surface area contributed by atoms with Crippen molar-refractivity contribution in [2.24, 2.45) is 0 Å². The van der Waals surface area contributed by atoms with E-state index in [1.54, 1.807) is 0 Å². The molecule has 0 bridgehead atoms. The first kappa shape index (κ1) is 9.93. The highest BCUT2D eigenvalue weighted by atomic mass is 19.1. The molecular weight excluding hydrogens is 157 g/mol. The molecule has 0 spiro atoms. The normalized spacial score (nSPS) is 39.0. The summed E-state index contributed by atoms with van der Waals surface area (Å²) in [6.07, 6.45) is -0.238. The molecule has 0 unspecified atom stereocenters. The van der Waals surface area contributed by atoms with Crippen molar-refractivity contribution in [3.63, 3.8) is 0 Å². The average Bonchev–Trinajstić information content (AvgIpc) is 1.94. The summed E-state index contributed by atoms with van der Waals surface area (Å²) in [5.74, 6) is 0. The Morgan fingerprint density at radius 3 is 2.58 bits per heavy atom. The first-order valence-electron chi connectivity index (χ1n) is 4.54. The van der Waals surface area contributed by atoms with E-state index in [4.69, 9.17) is 0 Å². The lowest BCUT2D eigenvalue weighted by atomic mass is 9.93. The van der Waals surface area contributed by atoms with Gasteiger partial charge in [-0.3, -0.25) is 4.90 Å². The number of aliphatic hydroxyl groups excluding tert-OH is 1. The van der Waals surface area contributed by atoms with Crippen molar-refractivity contribution >= 4 is 0 Å². The van der Waals surface area contributed by atoms with Gasteiger partial charge in [-0.1, -0.05) is 0 Å². The average molecular weight is 175 g/mol. The zero-order valence-corrected chi connectivity index (χ0v) is 8.05. The number of rotatable bonds is 1. The van der Waals surface area contributed by atoms with Gasteiger partial charge in [-0.15, -0.1) is 0 Å². The molecule has 0 aromatic rings. The summed E-state index contributed by atoms with van der Waals surface area (Å²) < 4.78 is 13.6. The maximum atomic E-state index is 13.6. The molecule has 72 valence electrons. The fourth-order valence-electron chi connectivity index (χ4n) is 1.61. The molecule has 12 heavy (non-hydrogen) atoms. The van der Waals surface area contributed by atoms with Crippen molar-refractivity contribution in [3.05, 3.63) is 0 Å². The summed E-state index contributed by atoms with van der Waals surface area (Å²) in [6, 6.07) is 0.368. The maximum Gasteiger partial charge on any atom is 0.146 e. The van der Waals surface area contributed by atoms with Crippen LogP contribution in [-0.2, 0) is 0 Å². The highest BCUT2D eigenvalue weighted by Crippen LogP contribution is 2.26. The van der Waals surface area contributed by atoms with Crippen LogP contribution in [0, 0.1) is 0 Å². The summed E-state index contributed by atoms with van der Waals surface area (Å²) in [6.45, 7) is 6.73. The molecule has 0 aliphatic carbocycles. The zero-order valence-electron chi connectivity index (χ0n) is 8.05. The maximum absolute atomic E-state index is 13.6. The molecule has 1 N–H and O–H groups in total. The van der Waals surface area contributed by atoms with Crippen molar-refractivity contribution < 1.29 is 9.50 Å². The Morgan fingerprint density at radius 2 is 2.17 bits per heavy atom. The molecule has 1 saturated heterocycles. The molecule has 1 aliphatic heterocycles. The van der Waals surface area contributed by atoms with Crippen LogP contribution in [0.1, 0.15) is 27.2 Å². The summed E-state index contributed by atoms with van der Waals surface area (Å²) in [5, 5.41) is 9.33. The van der Waals surface area contributed by atoms with Gasteiger partial charge in [0.05, 0.1) is 6.10 Å². The van der Waals surface area contributed by atoms with E-state index in [9.17, 15) is 9.50 Å². The Hall–Kier alpha value is -0.150. The quantitative estimate of drug-likeness (QED) is 0.647. The molecule has 1 heterocycles. The van der Waals surface area contributed by atoms with Gasteiger partial charge in [0.1, 0.15) is 5.67 Å². The first-order chi connectivity index (χ1) is 5.43. The van der Waals surface area contributed by atoms with E-state index in [1.807, 2.05) is 13.8 Å². The third-order valence-corrected chi connectivity index (χ3v) is 2.63. The molecule has 1 fully saturated rings. The van der Waals surface area contributed by atoms with Gasteiger partial charge < -0.3 is 5.11 Å². The van der Waals surface area contributed by atoms with E-state index < -0.39 is 11.8 Å². The third kappa shape index (κ3) is 1.96. The minimum Gasteiger partial charge on any atom is -0.390 e. The van der Waals surface area contributed by atoms with Gasteiger partial charge in [-0.2, -0.15) is 0 Å². The lowest BCUT2D eigenvalue weighted by Gasteiger charge is -2.40. The van der Waals surface area contributed by atoms with E-state index in [2.05, 4.69) is 4.90 Å². The largest absolute Gasteiger partial charge is 0.390 e. The third-order valence-electron chi connectivity index (χ3n) is 2.63. The fourth-order valence-corrected chi connectivity index (χ4v) is 1.61. The molecule has 0 aromatic carbocycles. The molecule has 1 rings (SSSR count). The number of hydrogen-bond acceptors (Lipinski definition) is 2. The second-order valence-electron chi connectivity index (χ2n) is 4.15. The minimum atomic E-state index is -1.43. The van der Waals surface area contributed by atoms with Crippen LogP contribution in [-0.4, -0.2) is 40.9 Å². The van der Waals surface area contributed by atoms with Crippen LogP contribution in [0.2, 0.25) is 0 Å². The summed E-state index contributed by atoms with van der Waals surface area (Å²) in [4.78, 5) is 2.06. The van der Waals surface area contributed by atoms with Crippen LogP contribution < -0.4 is 0 Å². The molecule has 2 atom stereocenters.